The number of nitrogens with zero attached hydrogens (tertiary/aromatic N) is 1. The Morgan fingerprint density at radius 1 is 1.13 bits per heavy atom. The quantitative estimate of drug-likeness (QED) is 0.570. The molecule has 1 aliphatic rings. The Labute approximate surface area is 193 Å². The largest absolute Gasteiger partial charge is 0.484 e. The number of carbonyl (C=O) groups excluding carboxylic acids is 2. The molecule has 1 aliphatic carbocycles. The Bertz CT molecular complexity index is 879. The number of halogens is 1. The average molecular weight is 487 g/mol. The van der Waals surface area contributed by atoms with Crippen molar-refractivity contribution in [3.8, 4) is 5.75 Å². The minimum Gasteiger partial charge on any atom is -0.484 e. The van der Waals surface area contributed by atoms with E-state index in [0.717, 1.165) is 41.3 Å². The number of hydrogen-bond acceptors (Lipinski definition) is 3. The molecule has 0 radical (unpaired) electrons. The van der Waals surface area contributed by atoms with E-state index in [-0.39, 0.29) is 24.5 Å². The SMILES string of the molecule is Cc1cccc(CN(C(=O)COc2ccc(Br)cc2)C(C)C(=O)NC2CCCCC2)c1. The van der Waals surface area contributed by atoms with Crippen LogP contribution >= 0.6 is 15.9 Å². The zero-order valence-electron chi connectivity index (χ0n) is 18.3. The topological polar surface area (TPSA) is 58.6 Å². The molecule has 0 heterocycles. The molecule has 31 heavy (non-hydrogen) atoms. The Morgan fingerprint density at radius 2 is 1.84 bits per heavy atom. The molecule has 2 aromatic carbocycles. The van der Waals surface area contributed by atoms with Gasteiger partial charge in [-0.1, -0.05) is 65.0 Å². The molecule has 6 heteroatoms. The highest BCUT2D eigenvalue weighted by molar-refractivity contribution is 9.10. The van der Waals surface area contributed by atoms with Gasteiger partial charge in [0.15, 0.2) is 6.61 Å². The third-order valence-corrected chi connectivity index (χ3v) is 6.26. The second-order valence-electron chi connectivity index (χ2n) is 8.27. The summed E-state index contributed by atoms with van der Waals surface area (Å²) in [4.78, 5) is 27.7. The maximum Gasteiger partial charge on any atom is 0.261 e. The van der Waals surface area contributed by atoms with Crippen LogP contribution in [-0.4, -0.2) is 35.4 Å². The van der Waals surface area contributed by atoms with Gasteiger partial charge in [0.1, 0.15) is 11.8 Å². The maximum atomic E-state index is 13.1. The second kappa shape index (κ2) is 11.3. The summed E-state index contributed by atoms with van der Waals surface area (Å²) in [7, 11) is 0. The van der Waals surface area contributed by atoms with E-state index in [9.17, 15) is 9.59 Å². The Kier molecular flexibility index (Phi) is 8.52. The van der Waals surface area contributed by atoms with Crippen molar-refractivity contribution in [2.24, 2.45) is 0 Å². The van der Waals surface area contributed by atoms with Gasteiger partial charge in [-0.3, -0.25) is 9.59 Å². The molecule has 0 saturated heterocycles. The number of nitrogens with one attached hydrogen (secondary N) is 1. The first-order valence-electron chi connectivity index (χ1n) is 11.0. The van der Waals surface area contributed by atoms with Crippen LogP contribution in [0.4, 0.5) is 0 Å². The van der Waals surface area contributed by atoms with Gasteiger partial charge in [-0.05, 0) is 56.5 Å². The van der Waals surface area contributed by atoms with E-state index in [0.29, 0.717) is 12.3 Å². The van der Waals surface area contributed by atoms with Crippen LogP contribution < -0.4 is 10.1 Å². The fraction of sp³-hybridized carbons (Fsp3) is 0.440. The van der Waals surface area contributed by atoms with Crippen molar-refractivity contribution in [1.29, 1.82) is 0 Å². The zero-order valence-corrected chi connectivity index (χ0v) is 19.9. The number of carbonyl (C=O) groups is 2. The molecule has 0 aromatic heterocycles. The molecular weight excluding hydrogens is 456 g/mol. The smallest absolute Gasteiger partial charge is 0.261 e. The first kappa shape index (κ1) is 23.3. The van der Waals surface area contributed by atoms with E-state index in [1.807, 2.05) is 55.5 Å². The van der Waals surface area contributed by atoms with Gasteiger partial charge >= 0.3 is 0 Å². The van der Waals surface area contributed by atoms with Gasteiger partial charge in [0.25, 0.3) is 5.91 Å². The van der Waals surface area contributed by atoms with Crippen LogP contribution in [0, 0.1) is 6.92 Å². The van der Waals surface area contributed by atoms with Gasteiger partial charge < -0.3 is 15.0 Å². The summed E-state index contributed by atoms with van der Waals surface area (Å²) >= 11 is 3.39. The molecular formula is C25H31BrN2O3. The summed E-state index contributed by atoms with van der Waals surface area (Å²) in [6.45, 7) is 4.06. The van der Waals surface area contributed by atoms with Crippen LogP contribution in [-0.2, 0) is 16.1 Å². The molecule has 166 valence electrons. The van der Waals surface area contributed by atoms with E-state index >= 15 is 0 Å². The maximum absolute atomic E-state index is 13.1. The van der Waals surface area contributed by atoms with Gasteiger partial charge in [0, 0.05) is 17.1 Å². The van der Waals surface area contributed by atoms with Gasteiger partial charge in [-0.15, -0.1) is 0 Å². The Morgan fingerprint density at radius 3 is 2.52 bits per heavy atom. The number of aryl methyl sites for hydroxylation is 1. The van der Waals surface area contributed by atoms with Crippen LogP contribution in [0.25, 0.3) is 0 Å². The van der Waals surface area contributed by atoms with Crippen molar-refractivity contribution in [1.82, 2.24) is 10.2 Å². The molecule has 1 atom stereocenters. The molecule has 0 bridgehead atoms. The average Bonchev–Trinajstić information content (AvgIpc) is 2.77. The zero-order chi connectivity index (χ0) is 22.2. The fourth-order valence-electron chi connectivity index (χ4n) is 3.92. The van der Waals surface area contributed by atoms with Crippen molar-refractivity contribution in [3.05, 3.63) is 64.1 Å². The lowest BCUT2D eigenvalue weighted by Crippen LogP contribution is -2.51. The summed E-state index contributed by atoms with van der Waals surface area (Å²) in [5.74, 6) is 0.304. The lowest BCUT2D eigenvalue weighted by Gasteiger charge is -2.31. The molecule has 1 fully saturated rings. The van der Waals surface area contributed by atoms with Crippen LogP contribution in [0.5, 0.6) is 5.75 Å². The summed E-state index contributed by atoms with van der Waals surface area (Å²) in [5, 5.41) is 3.15. The van der Waals surface area contributed by atoms with Crippen molar-refractivity contribution < 1.29 is 14.3 Å². The van der Waals surface area contributed by atoms with Crippen molar-refractivity contribution >= 4 is 27.7 Å². The molecule has 3 rings (SSSR count). The highest BCUT2D eigenvalue weighted by atomic mass is 79.9. The summed E-state index contributed by atoms with van der Waals surface area (Å²) in [5.41, 5.74) is 2.12. The first-order chi connectivity index (χ1) is 14.9. The van der Waals surface area contributed by atoms with E-state index in [1.54, 1.807) is 11.8 Å². The monoisotopic (exact) mass is 486 g/mol. The number of hydrogen-bond donors (Lipinski definition) is 1. The third kappa shape index (κ3) is 7.10. The van der Waals surface area contributed by atoms with Crippen molar-refractivity contribution in [3.63, 3.8) is 0 Å². The molecule has 1 unspecified atom stereocenters. The Hall–Kier alpha value is -2.34. The standard InChI is InChI=1S/C25H31BrN2O3/c1-18-7-6-8-20(15-18)16-28(19(2)25(30)27-22-9-4-3-5-10-22)24(29)17-31-23-13-11-21(26)12-14-23/h6-8,11-15,19,22H,3-5,9-10,16-17H2,1-2H3,(H,27,30). The minimum atomic E-state index is -0.580. The van der Waals surface area contributed by atoms with E-state index in [2.05, 4.69) is 21.2 Å². The third-order valence-electron chi connectivity index (χ3n) is 5.73. The molecule has 0 spiro atoms. The summed E-state index contributed by atoms with van der Waals surface area (Å²) in [6, 6.07) is 15.0. The van der Waals surface area contributed by atoms with Crippen molar-refractivity contribution in [2.45, 2.75) is 64.6 Å². The van der Waals surface area contributed by atoms with Crippen LogP contribution in [0.1, 0.15) is 50.2 Å². The van der Waals surface area contributed by atoms with Crippen molar-refractivity contribution in [2.75, 3.05) is 6.61 Å². The molecule has 1 N–H and O–H groups in total. The molecule has 0 aliphatic heterocycles. The highest BCUT2D eigenvalue weighted by Gasteiger charge is 2.28. The van der Waals surface area contributed by atoms with Gasteiger partial charge in [-0.2, -0.15) is 0 Å². The first-order valence-corrected chi connectivity index (χ1v) is 11.8. The predicted octanol–water partition coefficient (Wildman–Crippen LogP) is 5.00. The predicted molar refractivity (Wildman–Crippen MR) is 126 cm³/mol. The Balaban J connectivity index is 1.70. The second-order valence-corrected chi connectivity index (χ2v) is 9.19. The molecule has 5 nitrogen and oxygen atoms in total. The molecule has 2 amide bonds. The summed E-state index contributed by atoms with van der Waals surface area (Å²) < 4.78 is 6.65. The lowest BCUT2D eigenvalue weighted by molar-refractivity contribution is -0.142. The number of ether oxygens (including phenoxy) is 1. The number of rotatable bonds is 8. The van der Waals surface area contributed by atoms with Crippen LogP contribution in [0.3, 0.4) is 0 Å². The van der Waals surface area contributed by atoms with Gasteiger partial charge in [-0.25, -0.2) is 0 Å². The summed E-state index contributed by atoms with van der Waals surface area (Å²) in [6.07, 6.45) is 5.54. The lowest BCUT2D eigenvalue weighted by atomic mass is 9.95. The van der Waals surface area contributed by atoms with E-state index in [4.69, 9.17) is 4.74 Å². The van der Waals surface area contributed by atoms with E-state index in [1.165, 1.54) is 6.42 Å². The molecule has 1 saturated carbocycles. The van der Waals surface area contributed by atoms with Crippen LogP contribution in [0.15, 0.2) is 53.0 Å². The number of amides is 2. The normalized spacial score (nSPS) is 15.2. The molecule has 2 aromatic rings. The van der Waals surface area contributed by atoms with Gasteiger partial charge in [0.2, 0.25) is 5.91 Å². The van der Waals surface area contributed by atoms with Crippen LogP contribution in [0.2, 0.25) is 0 Å². The highest BCUT2D eigenvalue weighted by Crippen LogP contribution is 2.19. The van der Waals surface area contributed by atoms with E-state index < -0.39 is 6.04 Å². The fourth-order valence-corrected chi connectivity index (χ4v) is 4.18. The minimum absolute atomic E-state index is 0.100. The number of benzene rings is 2. The van der Waals surface area contributed by atoms with Gasteiger partial charge in [0.05, 0.1) is 0 Å².